The van der Waals surface area contributed by atoms with Crippen LogP contribution in [0.5, 0.6) is 0 Å². The van der Waals surface area contributed by atoms with E-state index in [-0.39, 0.29) is 11.7 Å². The maximum absolute atomic E-state index is 13.3. The molecule has 1 heterocycles. The molecule has 148 valence electrons. The van der Waals surface area contributed by atoms with Gasteiger partial charge in [0.15, 0.2) is 0 Å². The molecule has 30 heavy (non-hydrogen) atoms. The van der Waals surface area contributed by atoms with Crippen molar-refractivity contribution in [1.29, 1.82) is 0 Å². The van der Waals surface area contributed by atoms with Crippen LogP contribution in [0.4, 0.5) is 26.1 Å². The van der Waals surface area contributed by atoms with Crippen molar-refractivity contribution in [2.75, 3.05) is 10.6 Å². The van der Waals surface area contributed by atoms with Crippen LogP contribution in [0.25, 0.3) is 11.1 Å². The van der Waals surface area contributed by atoms with E-state index < -0.39 is 5.82 Å². The number of nitrogens with zero attached hydrogens (tertiary/aromatic N) is 2. The second-order valence-electron chi connectivity index (χ2n) is 6.47. The fraction of sp³-hybridized carbons (Fsp3) is 0. The lowest BCUT2D eigenvalue weighted by atomic mass is 10.1. The van der Waals surface area contributed by atoms with E-state index in [9.17, 15) is 13.6 Å². The summed E-state index contributed by atoms with van der Waals surface area (Å²) in [6.07, 6.45) is 3.26. The summed E-state index contributed by atoms with van der Waals surface area (Å²) in [6, 6.07) is 18.5. The van der Waals surface area contributed by atoms with E-state index in [0.29, 0.717) is 22.9 Å². The molecule has 0 saturated carbocycles. The number of hydrogen-bond acceptors (Lipinski definition) is 4. The highest BCUT2D eigenvalue weighted by atomic mass is 19.1. The van der Waals surface area contributed by atoms with Crippen LogP contribution in [0.3, 0.4) is 0 Å². The van der Waals surface area contributed by atoms with Crippen LogP contribution >= 0.6 is 0 Å². The maximum atomic E-state index is 13.3. The van der Waals surface area contributed by atoms with Gasteiger partial charge in [-0.15, -0.1) is 0 Å². The molecule has 0 saturated heterocycles. The summed E-state index contributed by atoms with van der Waals surface area (Å²) in [5.41, 5.74) is 2.95. The van der Waals surface area contributed by atoms with Gasteiger partial charge in [-0.1, -0.05) is 24.3 Å². The Hall–Kier alpha value is -4.13. The van der Waals surface area contributed by atoms with Crippen LogP contribution in [0.1, 0.15) is 10.4 Å². The first-order valence-electron chi connectivity index (χ1n) is 9.09. The predicted molar refractivity (Wildman–Crippen MR) is 112 cm³/mol. The number of benzene rings is 3. The Morgan fingerprint density at radius 3 is 2.17 bits per heavy atom. The lowest BCUT2D eigenvalue weighted by Gasteiger charge is -2.09. The van der Waals surface area contributed by atoms with Crippen LogP contribution in [0.2, 0.25) is 0 Å². The summed E-state index contributed by atoms with van der Waals surface area (Å²) in [7, 11) is 0. The normalized spacial score (nSPS) is 10.5. The van der Waals surface area contributed by atoms with Gasteiger partial charge in [-0.2, -0.15) is 0 Å². The zero-order valence-electron chi connectivity index (χ0n) is 15.6. The lowest BCUT2D eigenvalue weighted by molar-refractivity contribution is 0.102. The third kappa shape index (κ3) is 4.64. The van der Waals surface area contributed by atoms with E-state index >= 15 is 0 Å². The molecule has 4 aromatic rings. The number of rotatable bonds is 5. The number of hydrogen-bond donors (Lipinski definition) is 2. The number of aromatic nitrogens is 2. The molecule has 0 unspecified atom stereocenters. The molecule has 0 atom stereocenters. The van der Waals surface area contributed by atoms with Gasteiger partial charge in [-0.25, -0.2) is 18.7 Å². The Morgan fingerprint density at radius 1 is 0.733 bits per heavy atom. The van der Waals surface area contributed by atoms with Gasteiger partial charge in [-0.3, -0.25) is 4.79 Å². The van der Waals surface area contributed by atoms with E-state index in [0.717, 1.165) is 11.1 Å². The number of amides is 1. The molecule has 0 aliphatic heterocycles. The Kier molecular flexibility index (Phi) is 5.43. The Morgan fingerprint density at radius 2 is 1.43 bits per heavy atom. The Bertz CT molecular complexity index is 1180. The summed E-state index contributed by atoms with van der Waals surface area (Å²) in [4.78, 5) is 21.0. The number of carbonyl (C=O) groups is 1. The van der Waals surface area contributed by atoms with Gasteiger partial charge in [0.05, 0.1) is 0 Å². The van der Waals surface area contributed by atoms with Crippen LogP contribution in [0, 0.1) is 11.6 Å². The first-order valence-corrected chi connectivity index (χ1v) is 9.09. The van der Waals surface area contributed by atoms with E-state index in [1.807, 2.05) is 0 Å². The molecule has 0 fully saturated rings. The first kappa shape index (κ1) is 19.2. The maximum Gasteiger partial charge on any atom is 0.255 e. The van der Waals surface area contributed by atoms with Crippen molar-refractivity contribution >= 4 is 23.2 Å². The second kappa shape index (κ2) is 8.48. The SMILES string of the molecule is O=C(Nc1cccc(F)c1)c1cccc(Nc2ncc(-c3ccc(F)cc3)cn2)c1. The summed E-state index contributed by atoms with van der Waals surface area (Å²) in [6.45, 7) is 0. The minimum Gasteiger partial charge on any atom is -0.324 e. The molecule has 0 aliphatic rings. The summed E-state index contributed by atoms with van der Waals surface area (Å²) in [5.74, 6) is -0.746. The van der Waals surface area contributed by atoms with E-state index in [1.54, 1.807) is 54.9 Å². The highest BCUT2D eigenvalue weighted by Gasteiger charge is 2.08. The highest BCUT2D eigenvalue weighted by Crippen LogP contribution is 2.20. The fourth-order valence-corrected chi connectivity index (χ4v) is 2.82. The molecule has 5 nitrogen and oxygen atoms in total. The van der Waals surface area contributed by atoms with Crippen molar-refractivity contribution in [3.63, 3.8) is 0 Å². The average molecular weight is 402 g/mol. The zero-order valence-corrected chi connectivity index (χ0v) is 15.6. The van der Waals surface area contributed by atoms with Gasteiger partial charge in [0.1, 0.15) is 11.6 Å². The van der Waals surface area contributed by atoms with Gasteiger partial charge < -0.3 is 10.6 Å². The third-order valence-corrected chi connectivity index (χ3v) is 4.29. The first-order chi connectivity index (χ1) is 14.6. The second-order valence-corrected chi connectivity index (χ2v) is 6.47. The molecule has 0 bridgehead atoms. The minimum absolute atomic E-state index is 0.306. The third-order valence-electron chi connectivity index (χ3n) is 4.29. The van der Waals surface area contributed by atoms with Crippen LogP contribution in [0.15, 0.2) is 85.2 Å². The highest BCUT2D eigenvalue weighted by molar-refractivity contribution is 6.04. The Balaban J connectivity index is 1.46. The van der Waals surface area contributed by atoms with Crippen molar-refractivity contribution < 1.29 is 13.6 Å². The smallest absolute Gasteiger partial charge is 0.255 e. The van der Waals surface area contributed by atoms with Crippen LogP contribution in [-0.2, 0) is 0 Å². The number of carbonyl (C=O) groups excluding carboxylic acids is 1. The molecule has 1 amide bonds. The van der Waals surface area contributed by atoms with E-state index in [4.69, 9.17) is 0 Å². The van der Waals surface area contributed by atoms with E-state index in [2.05, 4.69) is 20.6 Å². The molecular weight excluding hydrogens is 386 g/mol. The zero-order chi connectivity index (χ0) is 20.9. The molecule has 7 heteroatoms. The topological polar surface area (TPSA) is 66.9 Å². The molecule has 0 aliphatic carbocycles. The van der Waals surface area contributed by atoms with Gasteiger partial charge in [0.25, 0.3) is 5.91 Å². The van der Waals surface area contributed by atoms with E-state index in [1.165, 1.54) is 30.3 Å². The molecule has 0 spiro atoms. The molecule has 4 rings (SSSR count). The predicted octanol–water partition coefficient (Wildman–Crippen LogP) is 5.42. The molecular formula is C23H16F2N4O. The van der Waals surface area contributed by atoms with Crippen molar-refractivity contribution in [2.45, 2.75) is 0 Å². The van der Waals surface area contributed by atoms with Gasteiger partial charge in [0.2, 0.25) is 5.95 Å². The number of nitrogens with one attached hydrogen (secondary N) is 2. The van der Waals surface area contributed by atoms with Crippen molar-refractivity contribution in [1.82, 2.24) is 9.97 Å². The molecule has 2 N–H and O–H groups in total. The fourth-order valence-electron chi connectivity index (χ4n) is 2.82. The lowest BCUT2D eigenvalue weighted by Crippen LogP contribution is -2.12. The molecule has 0 radical (unpaired) electrons. The summed E-state index contributed by atoms with van der Waals surface area (Å²) >= 11 is 0. The minimum atomic E-state index is -0.426. The average Bonchev–Trinajstić information content (AvgIpc) is 2.75. The molecule has 3 aromatic carbocycles. The number of halogens is 2. The van der Waals surface area contributed by atoms with Gasteiger partial charge >= 0.3 is 0 Å². The van der Waals surface area contributed by atoms with Gasteiger partial charge in [-0.05, 0) is 54.1 Å². The monoisotopic (exact) mass is 402 g/mol. The Labute approximate surface area is 171 Å². The largest absolute Gasteiger partial charge is 0.324 e. The summed E-state index contributed by atoms with van der Waals surface area (Å²) < 4.78 is 26.3. The number of anilines is 3. The van der Waals surface area contributed by atoms with Gasteiger partial charge in [0, 0.05) is 34.9 Å². The van der Waals surface area contributed by atoms with Crippen LogP contribution in [-0.4, -0.2) is 15.9 Å². The van der Waals surface area contributed by atoms with Crippen molar-refractivity contribution in [3.8, 4) is 11.1 Å². The standard InChI is InChI=1S/C23H16F2N4O/c24-18-9-7-15(8-10-18)17-13-26-23(27-14-17)29-20-5-1-3-16(11-20)22(30)28-21-6-2-4-19(25)12-21/h1-14H,(H,28,30)(H,26,27,29). The van der Waals surface area contributed by atoms with Crippen molar-refractivity contribution in [2.24, 2.45) is 0 Å². The van der Waals surface area contributed by atoms with Crippen molar-refractivity contribution in [3.05, 3.63) is 102 Å². The molecule has 1 aromatic heterocycles. The summed E-state index contributed by atoms with van der Waals surface area (Å²) in [5, 5.41) is 5.69. The van der Waals surface area contributed by atoms with Crippen LogP contribution < -0.4 is 10.6 Å². The quantitative estimate of drug-likeness (QED) is 0.468.